The molecule has 190 valence electrons. The Labute approximate surface area is 222 Å². The van der Waals surface area contributed by atoms with Gasteiger partial charge in [0.15, 0.2) is 0 Å². The van der Waals surface area contributed by atoms with Crippen LogP contribution in [0.4, 0.5) is 0 Å². The van der Waals surface area contributed by atoms with Crippen molar-refractivity contribution in [1.29, 1.82) is 0 Å². The topological polar surface area (TPSA) is 70.8 Å². The largest absolute Gasteiger partial charge is 0.352 e. The first kappa shape index (κ1) is 24.1. The lowest BCUT2D eigenvalue weighted by atomic mass is 9.84. The fourth-order valence-electron chi connectivity index (χ4n) is 6.25. The number of amidine groups is 1. The molecule has 0 aliphatic carbocycles. The van der Waals surface area contributed by atoms with E-state index in [2.05, 4.69) is 48.3 Å². The fourth-order valence-corrected chi connectivity index (χ4v) is 6.25. The van der Waals surface area contributed by atoms with E-state index < -0.39 is 5.72 Å². The first-order chi connectivity index (χ1) is 18.2. The fraction of sp³-hybridized carbons (Fsp3) is 0.219. The highest BCUT2D eigenvalue weighted by Gasteiger charge is 2.53. The van der Waals surface area contributed by atoms with E-state index in [4.69, 9.17) is 9.82 Å². The molecule has 0 amide bonds. The second-order valence-electron chi connectivity index (χ2n) is 10.4. The number of hydrogen-bond donors (Lipinski definition) is 1. The smallest absolute Gasteiger partial charge is 0.287 e. The summed E-state index contributed by atoms with van der Waals surface area (Å²) in [6, 6.07) is 18.3. The number of hydrogen-bond acceptors (Lipinski definition) is 6. The minimum absolute atomic E-state index is 0.365. The zero-order valence-electron chi connectivity index (χ0n) is 22.5. The number of aromatic nitrogens is 2. The predicted octanol–water partition coefficient (Wildman–Crippen LogP) is 6.92. The first-order valence-electron chi connectivity index (χ1n) is 12.8. The molecule has 5 aromatic rings. The lowest BCUT2D eigenvalue weighted by molar-refractivity contribution is -0.196. The molecule has 1 aliphatic heterocycles. The van der Waals surface area contributed by atoms with Gasteiger partial charge in [0.05, 0.1) is 16.6 Å². The van der Waals surface area contributed by atoms with E-state index in [0.717, 1.165) is 66.3 Å². The number of aryl methyl sites for hydroxylation is 6. The summed E-state index contributed by atoms with van der Waals surface area (Å²) in [5.74, 6) is 0.365. The van der Waals surface area contributed by atoms with Crippen LogP contribution in [-0.4, -0.2) is 26.1 Å². The van der Waals surface area contributed by atoms with Crippen molar-refractivity contribution in [2.45, 2.75) is 47.3 Å². The van der Waals surface area contributed by atoms with E-state index >= 15 is 0 Å². The van der Waals surface area contributed by atoms with Gasteiger partial charge < -0.3 is 4.84 Å². The van der Waals surface area contributed by atoms with E-state index in [0.29, 0.717) is 11.4 Å². The zero-order valence-corrected chi connectivity index (χ0v) is 22.5. The molecule has 3 heterocycles. The first-order valence-corrected chi connectivity index (χ1v) is 12.8. The normalized spacial score (nSPS) is 17.2. The summed E-state index contributed by atoms with van der Waals surface area (Å²) >= 11 is 0. The van der Waals surface area contributed by atoms with Gasteiger partial charge in [-0.2, -0.15) is 5.06 Å². The lowest BCUT2D eigenvalue weighted by Gasteiger charge is -2.36. The number of benzene rings is 3. The lowest BCUT2D eigenvalue weighted by Crippen LogP contribution is -2.47. The van der Waals surface area contributed by atoms with Crippen molar-refractivity contribution in [3.8, 4) is 0 Å². The maximum Gasteiger partial charge on any atom is 0.287 e. The Morgan fingerprint density at radius 3 is 1.97 bits per heavy atom. The second kappa shape index (κ2) is 8.64. The summed E-state index contributed by atoms with van der Waals surface area (Å²) in [6.07, 6.45) is 3.54. The van der Waals surface area contributed by atoms with E-state index in [-0.39, 0.29) is 0 Å². The molecule has 2 aromatic heterocycles. The molecule has 1 N–H and O–H groups in total. The molecule has 6 rings (SSSR count). The van der Waals surface area contributed by atoms with E-state index in [1.54, 1.807) is 12.4 Å². The van der Waals surface area contributed by atoms with Crippen LogP contribution in [0.15, 0.2) is 72.1 Å². The van der Waals surface area contributed by atoms with Crippen molar-refractivity contribution in [3.63, 3.8) is 0 Å². The van der Waals surface area contributed by atoms with E-state index in [1.165, 1.54) is 5.06 Å². The van der Waals surface area contributed by atoms with Crippen LogP contribution in [0.1, 0.15) is 50.1 Å². The molecular formula is C32H30N4O2. The molecule has 0 fully saturated rings. The van der Waals surface area contributed by atoms with Crippen molar-refractivity contribution >= 4 is 27.6 Å². The Balaban J connectivity index is 1.71. The average molecular weight is 503 g/mol. The third kappa shape index (κ3) is 3.41. The van der Waals surface area contributed by atoms with E-state index in [9.17, 15) is 5.21 Å². The molecule has 3 aromatic carbocycles. The van der Waals surface area contributed by atoms with Crippen LogP contribution in [0.2, 0.25) is 0 Å². The maximum absolute atomic E-state index is 12.3. The van der Waals surface area contributed by atoms with Crippen LogP contribution in [0, 0.1) is 41.5 Å². The molecule has 0 saturated carbocycles. The van der Waals surface area contributed by atoms with Gasteiger partial charge in [-0.15, -0.1) is 0 Å². The molecule has 1 unspecified atom stereocenters. The standard InChI is InChI=1S/C32H30N4O2/c1-18-13-20(3)28(21(4)14-18)31-35-38-32(36(31)37,29-22(5)15-19(2)16-23(29)6)26-17-27-24(9-7-11-33-27)25-10-8-12-34-30(25)26/h7-17,37H,1-6H3. The van der Waals surface area contributed by atoms with Crippen molar-refractivity contribution in [2.75, 3.05) is 0 Å². The Kier molecular flexibility index (Phi) is 5.47. The molecular weight excluding hydrogens is 472 g/mol. The van der Waals surface area contributed by atoms with Crippen molar-refractivity contribution < 1.29 is 10.0 Å². The van der Waals surface area contributed by atoms with Crippen LogP contribution < -0.4 is 0 Å². The third-order valence-corrected chi connectivity index (χ3v) is 7.52. The molecule has 1 atom stereocenters. The summed E-state index contributed by atoms with van der Waals surface area (Å²) in [7, 11) is 0. The highest BCUT2D eigenvalue weighted by Crippen LogP contribution is 2.47. The number of nitrogens with zero attached hydrogens (tertiary/aromatic N) is 4. The van der Waals surface area contributed by atoms with Crippen molar-refractivity contribution in [2.24, 2.45) is 5.16 Å². The molecule has 6 heteroatoms. The van der Waals surface area contributed by atoms with Crippen LogP contribution in [0.3, 0.4) is 0 Å². The van der Waals surface area contributed by atoms with Gasteiger partial charge in [-0.25, -0.2) is 0 Å². The predicted molar refractivity (Wildman–Crippen MR) is 150 cm³/mol. The van der Waals surface area contributed by atoms with Gasteiger partial charge in [-0.3, -0.25) is 15.2 Å². The molecule has 1 aliphatic rings. The molecule has 0 saturated heterocycles. The van der Waals surface area contributed by atoms with Crippen molar-refractivity contribution in [3.05, 3.63) is 117 Å². The van der Waals surface area contributed by atoms with Gasteiger partial charge in [-0.1, -0.05) is 52.7 Å². The molecule has 0 bridgehead atoms. The Hall–Kier alpha value is -4.29. The number of pyridine rings is 2. The monoisotopic (exact) mass is 502 g/mol. The van der Waals surface area contributed by atoms with Crippen molar-refractivity contribution in [1.82, 2.24) is 15.0 Å². The number of oxime groups is 1. The summed E-state index contributed by atoms with van der Waals surface area (Å²) in [4.78, 5) is 16.0. The molecule has 6 nitrogen and oxygen atoms in total. The molecule has 38 heavy (non-hydrogen) atoms. The van der Waals surface area contributed by atoms with Gasteiger partial charge in [0, 0.05) is 34.3 Å². The van der Waals surface area contributed by atoms with Crippen LogP contribution in [0.5, 0.6) is 0 Å². The minimum atomic E-state index is -1.47. The van der Waals surface area contributed by atoms with Gasteiger partial charge in [0.25, 0.3) is 5.72 Å². The maximum atomic E-state index is 12.3. The summed E-state index contributed by atoms with van der Waals surface area (Å²) in [5.41, 5.74) is 8.68. The quantitative estimate of drug-likeness (QED) is 0.271. The summed E-state index contributed by atoms with van der Waals surface area (Å²) in [5, 5.41) is 20.0. The summed E-state index contributed by atoms with van der Waals surface area (Å²) in [6.45, 7) is 12.3. The van der Waals surface area contributed by atoms with Gasteiger partial charge in [0.2, 0.25) is 5.84 Å². The molecule has 0 radical (unpaired) electrons. The van der Waals surface area contributed by atoms with Gasteiger partial charge in [0.1, 0.15) is 0 Å². The van der Waals surface area contributed by atoms with Crippen LogP contribution in [0.25, 0.3) is 21.8 Å². The minimum Gasteiger partial charge on any atom is -0.352 e. The highest BCUT2D eigenvalue weighted by atomic mass is 16.7. The Bertz CT molecular complexity index is 1750. The Morgan fingerprint density at radius 1 is 0.737 bits per heavy atom. The Morgan fingerprint density at radius 2 is 1.32 bits per heavy atom. The summed E-state index contributed by atoms with van der Waals surface area (Å²) < 4.78 is 0. The van der Waals surface area contributed by atoms with Crippen LogP contribution >= 0.6 is 0 Å². The van der Waals surface area contributed by atoms with Gasteiger partial charge in [-0.05, 0) is 82.0 Å². The van der Waals surface area contributed by atoms with Crippen LogP contribution in [-0.2, 0) is 10.6 Å². The second-order valence-corrected chi connectivity index (χ2v) is 10.4. The molecule has 0 spiro atoms. The highest BCUT2D eigenvalue weighted by molar-refractivity contribution is 6.07. The van der Waals surface area contributed by atoms with E-state index in [1.807, 2.05) is 58.0 Å². The number of fused-ring (bicyclic) bond motifs is 3. The number of hydroxylamine groups is 2. The average Bonchev–Trinajstić information content (AvgIpc) is 3.19. The van der Waals surface area contributed by atoms with Gasteiger partial charge >= 0.3 is 0 Å². The third-order valence-electron chi connectivity index (χ3n) is 7.52. The SMILES string of the molecule is Cc1cc(C)c(C2=NOC(c3c(C)cc(C)cc3C)(c3cc4ncccc4c4cccnc34)N2O)c(C)c1. The number of rotatable bonds is 3. The zero-order chi connectivity index (χ0) is 26.8.